The van der Waals surface area contributed by atoms with Crippen LogP contribution in [0, 0.1) is 5.41 Å². The molecule has 0 saturated heterocycles. The molecule has 0 radical (unpaired) electrons. The molecule has 0 rings (SSSR count). The van der Waals surface area contributed by atoms with E-state index in [1.165, 1.54) is 0 Å². The van der Waals surface area contributed by atoms with E-state index in [1.54, 1.807) is 0 Å². The van der Waals surface area contributed by atoms with E-state index in [4.69, 9.17) is 0 Å². The van der Waals surface area contributed by atoms with Crippen LogP contribution in [0.5, 0.6) is 0 Å². The van der Waals surface area contributed by atoms with E-state index in [0.29, 0.717) is 6.42 Å². The largest absolute Gasteiger partial charge is 0.411 e. The number of rotatable bonds is 3. The van der Waals surface area contributed by atoms with Gasteiger partial charge in [-0.15, -0.1) is 0 Å². The first kappa shape index (κ1) is 11.8. The Bertz CT molecular complexity index is 107. The molecular weight excluding hydrogens is 169 g/mol. The second kappa shape index (κ2) is 4.12. The minimum atomic E-state index is -4.20. The number of alkyl halides is 3. The molecule has 0 aromatic carbocycles. The normalized spacial score (nSPS) is 13.5. The van der Waals surface area contributed by atoms with E-state index in [1.807, 2.05) is 20.8 Å². The summed E-state index contributed by atoms with van der Waals surface area (Å²) in [5.41, 5.74) is 0.0333. The van der Waals surface area contributed by atoms with Gasteiger partial charge >= 0.3 is 6.18 Å². The quantitative estimate of drug-likeness (QED) is 0.612. The van der Waals surface area contributed by atoms with Crippen LogP contribution in [0.15, 0.2) is 0 Å². The molecule has 0 aliphatic carbocycles. The van der Waals surface area contributed by atoms with Crippen LogP contribution in [0.2, 0.25) is 0 Å². The lowest BCUT2D eigenvalue weighted by molar-refractivity contribution is -0.175. The molecule has 0 amide bonds. The Morgan fingerprint density at radius 1 is 1.08 bits per heavy atom. The van der Waals surface area contributed by atoms with Gasteiger partial charge in [0.15, 0.2) is 0 Å². The molecule has 1 nitrogen and oxygen atoms in total. The summed E-state index contributed by atoms with van der Waals surface area (Å²) in [6, 6.07) is 0. The summed E-state index contributed by atoms with van der Waals surface area (Å²) in [5.74, 6) is 0. The second-order valence-electron chi connectivity index (χ2n) is 3.98. The first-order valence-corrected chi connectivity index (χ1v) is 3.85. The number of halogens is 3. The van der Waals surface area contributed by atoms with Crippen LogP contribution in [0.25, 0.3) is 0 Å². The smallest absolute Gasteiger partial charge is 0.372 e. The third-order valence-electron chi connectivity index (χ3n) is 1.26. The van der Waals surface area contributed by atoms with Crippen molar-refractivity contribution in [1.82, 2.24) is 0 Å². The predicted octanol–water partition coefficient (Wildman–Crippen LogP) is 3.00. The molecule has 0 N–H and O–H groups in total. The Balaban J connectivity index is 3.35. The van der Waals surface area contributed by atoms with Crippen molar-refractivity contribution in [1.29, 1.82) is 0 Å². The van der Waals surface area contributed by atoms with Crippen LogP contribution < -0.4 is 0 Å². The highest BCUT2D eigenvalue weighted by Gasteiger charge is 2.27. The molecule has 0 fully saturated rings. The van der Waals surface area contributed by atoms with Gasteiger partial charge in [0.25, 0.3) is 0 Å². The van der Waals surface area contributed by atoms with Gasteiger partial charge < -0.3 is 4.74 Å². The van der Waals surface area contributed by atoms with Crippen molar-refractivity contribution >= 4 is 0 Å². The van der Waals surface area contributed by atoms with E-state index >= 15 is 0 Å². The van der Waals surface area contributed by atoms with E-state index < -0.39 is 12.8 Å². The highest BCUT2D eigenvalue weighted by molar-refractivity contribution is 4.60. The topological polar surface area (TPSA) is 9.23 Å². The van der Waals surface area contributed by atoms with E-state index in [-0.39, 0.29) is 12.0 Å². The summed E-state index contributed by atoms with van der Waals surface area (Å²) < 4.78 is 39.1. The lowest BCUT2D eigenvalue weighted by Crippen LogP contribution is -2.19. The third-order valence-corrected chi connectivity index (χ3v) is 1.26. The van der Waals surface area contributed by atoms with Crippen LogP contribution in [-0.4, -0.2) is 19.4 Å². The highest BCUT2D eigenvalue weighted by Crippen LogP contribution is 2.19. The molecule has 0 bridgehead atoms. The zero-order chi connectivity index (χ0) is 9.83. The molecule has 0 spiro atoms. The van der Waals surface area contributed by atoms with Crippen LogP contribution in [0.3, 0.4) is 0 Å². The van der Waals surface area contributed by atoms with Gasteiger partial charge in [-0.1, -0.05) is 20.8 Å². The SMILES string of the molecule is CC(C)(C)CCOCC(F)(F)F. The van der Waals surface area contributed by atoms with Gasteiger partial charge in [0.2, 0.25) is 0 Å². The number of ether oxygens (including phenoxy) is 1. The molecule has 0 aromatic rings. The van der Waals surface area contributed by atoms with Crippen molar-refractivity contribution in [2.24, 2.45) is 5.41 Å². The molecule has 0 aliphatic rings. The van der Waals surface area contributed by atoms with E-state index in [2.05, 4.69) is 4.74 Å². The van der Waals surface area contributed by atoms with Gasteiger partial charge in [-0.3, -0.25) is 0 Å². The van der Waals surface area contributed by atoms with Gasteiger partial charge in [-0.05, 0) is 11.8 Å². The fourth-order valence-electron chi connectivity index (χ4n) is 0.566. The maximum absolute atomic E-state index is 11.6. The average Bonchev–Trinajstić information content (AvgIpc) is 1.76. The van der Waals surface area contributed by atoms with Gasteiger partial charge in [0.1, 0.15) is 6.61 Å². The molecular formula is C8H15F3O. The summed E-state index contributed by atoms with van der Waals surface area (Å²) in [6.07, 6.45) is -3.55. The fraction of sp³-hybridized carbons (Fsp3) is 1.00. The molecule has 0 aliphatic heterocycles. The minimum absolute atomic E-state index is 0.0333. The zero-order valence-corrected chi connectivity index (χ0v) is 7.66. The van der Waals surface area contributed by atoms with Crippen molar-refractivity contribution in [3.63, 3.8) is 0 Å². The summed E-state index contributed by atoms with van der Waals surface area (Å²) in [7, 11) is 0. The fourth-order valence-corrected chi connectivity index (χ4v) is 0.566. The van der Waals surface area contributed by atoms with Crippen molar-refractivity contribution in [2.75, 3.05) is 13.2 Å². The molecule has 0 unspecified atom stereocenters. The Morgan fingerprint density at radius 2 is 1.58 bits per heavy atom. The monoisotopic (exact) mass is 184 g/mol. The number of hydrogen-bond donors (Lipinski definition) is 0. The van der Waals surface area contributed by atoms with Crippen molar-refractivity contribution in [3.8, 4) is 0 Å². The van der Waals surface area contributed by atoms with Crippen molar-refractivity contribution < 1.29 is 17.9 Å². The van der Waals surface area contributed by atoms with Crippen LogP contribution >= 0.6 is 0 Å². The van der Waals surface area contributed by atoms with Crippen LogP contribution in [-0.2, 0) is 4.74 Å². The standard InChI is InChI=1S/C8H15F3O/c1-7(2,3)4-5-12-6-8(9,10)11/h4-6H2,1-3H3. The Labute approximate surface area is 70.9 Å². The molecule has 74 valence electrons. The van der Waals surface area contributed by atoms with Crippen LogP contribution in [0.1, 0.15) is 27.2 Å². The van der Waals surface area contributed by atoms with Gasteiger partial charge in [-0.25, -0.2) is 0 Å². The highest BCUT2D eigenvalue weighted by atomic mass is 19.4. The summed E-state index contributed by atoms with van der Waals surface area (Å²) in [4.78, 5) is 0. The van der Waals surface area contributed by atoms with Gasteiger partial charge in [0, 0.05) is 6.61 Å². The minimum Gasteiger partial charge on any atom is -0.372 e. The maximum atomic E-state index is 11.6. The first-order valence-electron chi connectivity index (χ1n) is 3.85. The van der Waals surface area contributed by atoms with E-state index in [0.717, 1.165) is 0 Å². The third kappa shape index (κ3) is 9.75. The molecule has 0 atom stereocenters. The van der Waals surface area contributed by atoms with E-state index in [9.17, 15) is 13.2 Å². The Kier molecular flexibility index (Phi) is 4.03. The average molecular weight is 184 g/mol. The Morgan fingerprint density at radius 3 is 1.92 bits per heavy atom. The summed E-state index contributed by atoms with van der Waals surface area (Å²) >= 11 is 0. The molecule has 0 heterocycles. The summed E-state index contributed by atoms with van der Waals surface area (Å²) in [6.45, 7) is 4.92. The zero-order valence-electron chi connectivity index (χ0n) is 7.66. The van der Waals surface area contributed by atoms with Crippen molar-refractivity contribution in [2.45, 2.75) is 33.4 Å². The first-order chi connectivity index (χ1) is 5.21. The molecule has 0 saturated carbocycles. The maximum Gasteiger partial charge on any atom is 0.411 e. The lowest BCUT2D eigenvalue weighted by atomic mass is 9.93. The van der Waals surface area contributed by atoms with Gasteiger partial charge in [-0.2, -0.15) is 13.2 Å². The number of hydrogen-bond acceptors (Lipinski definition) is 1. The summed E-state index contributed by atoms with van der Waals surface area (Å²) in [5, 5.41) is 0. The van der Waals surface area contributed by atoms with Crippen molar-refractivity contribution in [3.05, 3.63) is 0 Å². The predicted molar refractivity (Wildman–Crippen MR) is 40.9 cm³/mol. The molecule has 4 heteroatoms. The lowest BCUT2D eigenvalue weighted by Gasteiger charge is -2.17. The van der Waals surface area contributed by atoms with Crippen LogP contribution in [0.4, 0.5) is 13.2 Å². The molecule has 12 heavy (non-hydrogen) atoms. The van der Waals surface area contributed by atoms with Gasteiger partial charge in [0.05, 0.1) is 0 Å². The Hall–Kier alpha value is -0.250. The second-order valence-corrected chi connectivity index (χ2v) is 3.98. The molecule has 0 aromatic heterocycles.